The van der Waals surface area contributed by atoms with Crippen molar-refractivity contribution in [3.63, 3.8) is 0 Å². The van der Waals surface area contributed by atoms with Gasteiger partial charge in [-0.15, -0.1) is 0 Å². The van der Waals surface area contributed by atoms with Crippen molar-refractivity contribution in [1.82, 2.24) is 5.32 Å². The van der Waals surface area contributed by atoms with Gasteiger partial charge in [-0.2, -0.15) is 11.8 Å². The van der Waals surface area contributed by atoms with Gasteiger partial charge in [0.05, 0.1) is 7.11 Å². The van der Waals surface area contributed by atoms with Gasteiger partial charge < -0.3 is 10.1 Å². The highest BCUT2D eigenvalue weighted by Gasteiger charge is 2.20. The molecule has 0 spiro atoms. The molecule has 58 valence electrons. The van der Waals surface area contributed by atoms with E-state index in [1.807, 2.05) is 0 Å². The SMILES string of the molecule is COC(=O)[C@@H]1CSCCN1. The summed E-state index contributed by atoms with van der Waals surface area (Å²) in [7, 11) is 1.42. The third kappa shape index (κ3) is 1.88. The first-order valence-electron chi connectivity index (χ1n) is 3.23. The zero-order valence-corrected chi connectivity index (χ0v) is 6.74. The monoisotopic (exact) mass is 161 g/mol. The van der Waals surface area contributed by atoms with E-state index in [-0.39, 0.29) is 12.0 Å². The molecular weight excluding hydrogens is 150 g/mol. The van der Waals surface area contributed by atoms with Crippen molar-refractivity contribution in [2.45, 2.75) is 6.04 Å². The molecule has 0 aromatic heterocycles. The largest absolute Gasteiger partial charge is 0.468 e. The van der Waals surface area contributed by atoms with Crippen molar-refractivity contribution in [3.8, 4) is 0 Å². The van der Waals surface area contributed by atoms with Crippen LogP contribution in [0.5, 0.6) is 0 Å². The van der Waals surface area contributed by atoms with Crippen molar-refractivity contribution in [3.05, 3.63) is 0 Å². The van der Waals surface area contributed by atoms with E-state index in [9.17, 15) is 4.79 Å². The van der Waals surface area contributed by atoms with E-state index in [1.54, 1.807) is 11.8 Å². The van der Waals surface area contributed by atoms with E-state index in [4.69, 9.17) is 0 Å². The van der Waals surface area contributed by atoms with Gasteiger partial charge in [-0.05, 0) is 0 Å². The van der Waals surface area contributed by atoms with E-state index in [2.05, 4.69) is 10.1 Å². The van der Waals surface area contributed by atoms with Gasteiger partial charge in [-0.25, -0.2) is 0 Å². The first-order chi connectivity index (χ1) is 4.84. The van der Waals surface area contributed by atoms with E-state index < -0.39 is 0 Å². The summed E-state index contributed by atoms with van der Waals surface area (Å²) in [6.07, 6.45) is 0. The molecule has 1 rings (SSSR count). The summed E-state index contributed by atoms with van der Waals surface area (Å²) in [5, 5.41) is 3.07. The molecular formula is C6H11NO2S. The topological polar surface area (TPSA) is 38.3 Å². The minimum atomic E-state index is -0.146. The number of esters is 1. The Morgan fingerprint density at radius 1 is 1.80 bits per heavy atom. The highest BCUT2D eigenvalue weighted by atomic mass is 32.2. The number of hydrogen-bond acceptors (Lipinski definition) is 4. The molecule has 1 fully saturated rings. The second kappa shape index (κ2) is 3.83. The van der Waals surface area contributed by atoms with Crippen molar-refractivity contribution in [2.24, 2.45) is 0 Å². The minimum absolute atomic E-state index is 0.0799. The van der Waals surface area contributed by atoms with Crippen LogP contribution in [0, 0.1) is 0 Å². The lowest BCUT2D eigenvalue weighted by atomic mass is 10.3. The number of nitrogens with one attached hydrogen (secondary N) is 1. The van der Waals surface area contributed by atoms with Crippen LogP contribution in [0.15, 0.2) is 0 Å². The highest BCUT2D eigenvalue weighted by Crippen LogP contribution is 2.07. The molecule has 3 nitrogen and oxygen atoms in total. The number of rotatable bonds is 1. The number of methoxy groups -OCH3 is 1. The van der Waals surface area contributed by atoms with Crippen LogP contribution >= 0.6 is 11.8 Å². The van der Waals surface area contributed by atoms with Gasteiger partial charge in [0.2, 0.25) is 0 Å². The minimum Gasteiger partial charge on any atom is -0.468 e. The van der Waals surface area contributed by atoms with Crippen LogP contribution in [0.3, 0.4) is 0 Å². The summed E-state index contributed by atoms with van der Waals surface area (Å²) in [6, 6.07) is -0.0799. The Labute approximate surface area is 64.5 Å². The number of ether oxygens (including phenoxy) is 1. The van der Waals surface area contributed by atoms with Crippen LogP contribution in [0.4, 0.5) is 0 Å². The molecule has 0 bridgehead atoms. The molecule has 0 radical (unpaired) electrons. The van der Waals surface area contributed by atoms with Crippen LogP contribution < -0.4 is 5.32 Å². The van der Waals surface area contributed by atoms with Gasteiger partial charge in [0.1, 0.15) is 6.04 Å². The fraction of sp³-hybridized carbons (Fsp3) is 0.833. The van der Waals surface area contributed by atoms with Gasteiger partial charge in [-0.3, -0.25) is 4.79 Å². The second-order valence-electron chi connectivity index (χ2n) is 2.10. The third-order valence-electron chi connectivity index (χ3n) is 1.41. The van der Waals surface area contributed by atoms with Crippen molar-refractivity contribution < 1.29 is 9.53 Å². The molecule has 1 atom stereocenters. The quantitative estimate of drug-likeness (QED) is 0.543. The lowest BCUT2D eigenvalue weighted by Gasteiger charge is -2.20. The maximum atomic E-state index is 10.9. The Morgan fingerprint density at radius 2 is 2.60 bits per heavy atom. The fourth-order valence-corrected chi connectivity index (χ4v) is 1.78. The molecule has 0 amide bonds. The average molecular weight is 161 g/mol. The van der Waals surface area contributed by atoms with E-state index in [1.165, 1.54) is 7.11 Å². The van der Waals surface area contributed by atoms with E-state index in [0.717, 1.165) is 18.1 Å². The standard InChI is InChI=1S/C6H11NO2S/c1-9-6(8)5-4-10-3-2-7-5/h5,7H,2-4H2,1H3/t5-/m0/s1. The maximum absolute atomic E-state index is 10.9. The van der Waals surface area contributed by atoms with E-state index in [0.29, 0.717) is 0 Å². The van der Waals surface area contributed by atoms with Gasteiger partial charge in [-0.1, -0.05) is 0 Å². The predicted molar refractivity (Wildman–Crippen MR) is 41.1 cm³/mol. The van der Waals surface area contributed by atoms with Gasteiger partial charge in [0.25, 0.3) is 0 Å². The molecule has 10 heavy (non-hydrogen) atoms. The summed E-state index contributed by atoms with van der Waals surface area (Å²) in [5.74, 6) is 1.78. The second-order valence-corrected chi connectivity index (χ2v) is 3.25. The molecule has 1 N–H and O–H groups in total. The number of carbonyl (C=O) groups is 1. The van der Waals surface area contributed by atoms with Crippen molar-refractivity contribution >= 4 is 17.7 Å². The Hall–Kier alpha value is -0.220. The molecule has 0 aliphatic carbocycles. The van der Waals surface area contributed by atoms with Crippen LogP contribution in [0.25, 0.3) is 0 Å². The molecule has 1 saturated heterocycles. The van der Waals surface area contributed by atoms with Gasteiger partial charge in [0.15, 0.2) is 0 Å². The Kier molecular flexibility index (Phi) is 3.02. The van der Waals surface area contributed by atoms with Crippen LogP contribution in [0.2, 0.25) is 0 Å². The summed E-state index contributed by atoms with van der Waals surface area (Å²) in [5.41, 5.74) is 0. The van der Waals surface area contributed by atoms with Crippen LogP contribution in [-0.4, -0.2) is 37.2 Å². The third-order valence-corrected chi connectivity index (χ3v) is 2.47. The molecule has 0 aromatic carbocycles. The normalized spacial score (nSPS) is 25.9. The summed E-state index contributed by atoms with van der Waals surface area (Å²) >= 11 is 1.78. The van der Waals surface area contributed by atoms with Crippen molar-refractivity contribution in [1.29, 1.82) is 0 Å². The molecule has 1 aliphatic rings. The van der Waals surface area contributed by atoms with E-state index >= 15 is 0 Å². The number of thioether (sulfide) groups is 1. The zero-order valence-electron chi connectivity index (χ0n) is 5.92. The van der Waals surface area contributed by atoms with Gasteiger partial charge >= 0.3 is 5.97 Å². The van der Waals surface area contributed by atoms with Crippen molar-refractivity contribution in [2.75, 3.05) is 25.2 Å². The zero-order chi connectivity index (χ0) is 7.40. The highest BCUT2D eigenvalue weighted by molar-refractivity contribution is 7.99. The average Bonchev–Trinajstić information content (AvgIpc) is 2.05. The summed E-state index contributed by atoms with van der Waals surface area (Å²) in [6.45, 7) is 0.907. The molecule has 1 heterocycles. The van der Waals surface area contributed by atoms with Crippen LogP contribution in [0.1, 0.15) is 0 Å². The number of hydrogen-bond donors (Lipinski definition) is 1. The Morgan fingerprint density at radius 3 is 3.10 bits per heavy atom. The van der Waals surface area contributed by atoms with Gasteiger partial charge in [0, 0.05) is 18.1 Å². The predicted octanol–water partition coefficient (Wildman–Crippen LogP) is -0.136. The molecule has 0 unspecified atom stereocenters. The maximum Gasteiger partial charge on any atom is 0.323 e. The first-order valence-corrected chi connectivity index (χ1v) is 4.39. The lowest BCUT2D eigenvalue weighted by molar-refractivity contribution is -0.142. The fourth-order valence-electron chi connectivity index (χ4n) is 0.859. The number of carbonyl (C=O) groups excluding carboxylic acids is 1. The Balaban J connectivity index is 2.31. The molecule has 0 saturated carbocycles. The lowest BCUT2D eigenvalue weighted by Crippen LogP contribution is -2.43. The summed E-state index contributed by atoms with van der Waals surface area (Å²) < 4.78 is 4.57. The molecule has 1 aliphatic heterocycles. The van der Waals surface area contributed by atoms with Crippen LogP contribution in [-0.2, 0) is 9.53 Å². The molecule has 4 heteroatoms. The Bertz CT molecular complexity index is 123. The smallest absolute Gasteiger partial charge is 0.323 e. The summed E-state index contributed by atoms with van der Waals surface area (Å²) in [4.78, 5) is 10.9. The molecule has 0 aromatic rings. The first kappa shape index (κ1) is 7.88.